The number of carbonyl (C=O) groups is 6. The molecule has 18 heteroatoms. The maximum Gasteiger partial charge on any atom is 0.343 e. The number of benzene rings is 2. The first-order valence-corrected chi connectivity index (χ1v) is 20.1. The first-order chi connectivity index (χ1) is 29.1. The van der Waals surface area contributed by atoms with Crippen LogP contribution in [0.4, 0.5) is 4.39 Å². The first kappa shape index (κ1) is 42.6. The molecule has 1 aliphatic carbocycles. The van der Waals surface area contributed by atoms with E-state index >= 15 is 4.39 Å². The fourth-order valence-electron chi connectivity index (χ4n) is 8.28. The highest BCUT2D eigenvalue weighted by atomic mass is 19.1. The number of rotatable bonds is 14. The molecule has 320 valence electrons. The van der Waals surface area contributed by atoms with Gasteiger partial charge in [0.1, 0.15) is 18.5 Å². The Bertz CT molecular complexity index is 2540. The molecule has 4 aromatic rings. The van der Waals surface area contributed by atoms with Crippen molar-refractivity contribution in [1.29, 1.82) is 0 Å². The summed E-state index contributed by atoms with van der Waals surface area (Å²) in [5.41, 5.74) is 7.44. The van der Waals surface area contributed by atoms with Crippen LogP contribution in [0, 0.1) is 18.7 Å². The van der Waals surface area contributed by atoms with Gasteiger partial charge in [0.05, 0.1) is 60.6 Å². The smallest absolute Gasteiger partial charge is 0.343 e. The third-order valence-electron chi connectivity index (χ3n) is 11.7. The van der Waals surface area contributed by atoms with Gasteiger partial charge in [0, 0.05) is 35.5 Å². The van der Waals surface area contributed by atoms with E-state index in [1.54, 1.807) is 57.2 Å². The molecule has 17 nitrogen and oxygen atoms in total. The fraction of sp³-hybridized carbons (Fsp3) is 0.395. The van der Waals surface area contributed by atoms with E-state index in [1.807, 2.05) is 0 Å². The van der Waals surface area contributed by atoms with Crippen LogP contribution >= 0.6 is 0 Å². The number of esters is 1. The molecule has 0 bridgehead atoms. The van der Waals surface area contributed by atoms with Gasteiger partial charge in [0.25, 0.3) is 5.56 Å². The Hall–Kier alpha value is -6.53. The molecular weight excluding hydrogens is 792 g/mol. The van der Waals surface area contributed by atoms with Crippen LogP contribution < -0.4 is 37.9 Å². The summed E-state index contributed by atoms with van der Waals surface area (Å²) in [6.45, 7) is 3.47. The number of nitrogens with zero attached hydrogens (tertiary/aromatic N) is 2. The zero-order chi connectivity index (χ0) is 43.7. The Kier molecular flexibility index (Phi) is 12.0. The van der Waals surface area contributed by atoms with Gasteiger partial charge >= 0.3 is 5.97 Å². The Morgan fingerprint density at radius 3 is 2.46 bits per heavy atom. The number of aromatic nitrogens is 2. The molecule has 5 amide bonds. The number of hydrogen-bond donors (Lipinski definition) is 7. The first-order valence-electron chi connectivity index (χ1n) is 20.1. The zero-order valence-corrected chi connectivity index (χ0v) is 33.9. The fourth-order valence-corrected chi connectivity index (χ4v) is 8.28. The highest BCUT2D eigenvalue weighted by Gasteiger charge is 2.46. The number of hydrogen-bond acceptors (Lipinski definition) is 11. The number of nitrogens with two attached hydrogens (primary N) is 1. The molecule has 0 saturated carbocycles. The monoisotopic (exact) mass is 838 g/mol. The summed E-state index contributed by atoms with van der Waals surface area (Å²) in [6, 6.07) is 10.2. The van der Waals surface area contributed by atoms with E-state index in [1.165, 1.54) is 10.6 Å². The summed E-state index contributed by atoms with van der Waals surface area (Å²) in [6.07, 6.45) is 0.910. The Balaban J connectivity index is 1.05. The van der Waals surface area contributed by atoms with Crippen LogP contribution in [-0.4, -0.2) is 82.4 Å². The van der Waals surface area contributed by atoms with E-state index in [0.29, 0.717) is 51.8 Å². The predicted molar refractivity (Wildman–Crippen MR) is 218 cm³/mol. The van der Waals surface area contributed by atoms with Crippen LogP contribution in [-0.2, 0) is 65.1 Å². The second kappa shape index (κ2) is 17.2. The van der Waals surface area contributed by atoms with Crippen LogP contribution in [0.1, 0.15) is 71.7 Å². The van der Waals surface area contributed by atoms with Crippen molar-refractivity contribution in [3.05, 3.63) is 97.6 Å². The Morgan fingerprint density at radius 2 is 1.74 bits per heavy atom. The number of pyridine rings is 2. The normalized spacial score (nSPS) is 18.1. The third kappa shape index (κ3) is 8.20. The predicted octanol–water partition coefficient (Wildman–Crippen LogP) is 0.302. The Labute approximate surface area is 349 Å². The molecule has 0 unspecified atom stereocenters. The molecule has 0 saturated heterocycles. The minimum absolute atomic E-state index is 0.0335. The minimum atomic E-state index is -2.03. The number of nitrogens with one attached hydrogen (secondary N) is 5. The van der Waals surface area contributed by atoms with E-state index in [-0.39, 0.29) is 50.2 Å². The quantitative estimate of drug-likeness (QED) is 0.0750. The average molecular weight is 839 g/mol. The van der Waals surface area contributed by atoms with Gasteiger partial charge in [-0.25, -0.2) is 14.2 Å². The van der Waals surface area contributed by atoms with Crippen molar-refractivity contribution < 1.29 is 43.0 Å². The molecule has 4 heterocycles. The van der Waals surface area contributed by atoms with Gasteiger partial charge in [-0.05, 0) is 54.5 Å². The van der Waals surface area contributed by atoms with Crippen molar-refractivity contribution in [3.63, 3.8) is 0 Å². The lowest BCUT2D eigenvalue weighted by molar-refractivity contribution is -0.172. The zero-order valence-electron chi connectivity index (χ0n) is 33.9. The van der Waals surface area contributed by atoms with Crippen LogP contribution in [0.5, 0.6) is 0 Å². The van der Waals surface area contributed by atoms with Crippen molar-refractivity contribution in [3.8, 4) is 11.4 Å². The summed E-state index contributed by atoms with van der Waals surface area (Å²) in [5.74, 6) is -4.83. The second-order valence-corrected chi connectivity index (χ2v) is 15.6. The van der Waals surface area contributed by atoms with Crippen molar-refractivity contribution in [2.24, 2.45) is 11.7 Å². The van der Waals surface area contributed by atoms with E-state index in [4.69, 9.17) is 15.5 Å². The van der Waals surface area contributed by atoms with Crippen LogP contribution in [0.25, 0.3) is 22.3 Å². The number of carbonyl (C=O) groups excluding carboxylic acids is 6. The number of aryl methyl sites for hydroxylation is 1. The maximum absolute atomic E-state index is 15.3. The summed E-state index contributed by atoms with van der Waals surface area (Å²) >= 11 is 0. The van der Waals surface area contributed by atoms with E-state index in [2.05, 4.69) is 26.6 Å². The minimum Gasteiger partial charge on any atom is -0.458 e. The number of halogens is 1. The number of ether oxygens (including phenoxy) is 1. The summed E-state index contributed by atoms with van der Waals surface area (Å²) in [4.78, 5) is 95.5. The summed E-state index contributed by atoms with van der Waals surface area (Å²) < 4.78 is 22.0. The molecule has 7 rings (SSSR count). The SMILES string of the molecule is CC[C@@]1(O)C(=O)OCc2c1cc1n(c2=O)Cc2c-1nc1cc(F)c(C)c3c1c2[C@@H](NC(=O)[C@H](C)CNC(=O)CNC(=O)[C@H](Cc1ccccc1)NC(=O)CNC(=O)CN)CC3. The number of fused-ring (bicyclic) bond motifs is 5. The van der Waals surface area contributed by atoms with Crippen molar-refractivity contribution >= 4 is 46.4 Å². The van der Waals surface area contributed by atoms with E-state index < -0.39 is 83.6 Å². The van der Waals surface area contributed by atoms with Gasteiger partial charge in [0.15, 0.2) is 5.60 Å². The van der Waals surface area contributed by atoms with E-state index in [0.717, 1.165) is 11.1 Å². The number of aliphatic hydroxyl groups is 1. The lowest BCUT2D eigenvalue weighted by Crippen LogP contribution is -2.52. The second-order valence-electron chi connectivity index (χ2n) is 15.6. The van der Waals surface area contributed by atoms with E-state index in [9.17, 15) is 38.7 Å². The van der Waals surface area contributed by atoms with Gasteiger partial charge in [-0.2, -0.15) is 0 Å². The molecule has 61 heavy (non-hydrogen) atoms. The standard InChI is InChI=1S/C43H47FN8O9/c1-4-43(60)27-13-32-38-25(19-52(32)41(58)26(27)20-61-42(43)59)37-29(11-10-24-22(3)28(44)14-30(50-38)36(24)37)51-39(56)21(2)16-46-34(54)17-48-40(57)31(12-23-8-6-5-7-9-23)49-35(55)18-47-33(53)15-45/h5-9,13-14,21,29,31,60H,4,10-12,15-20,45H2,1-3H3,(H,46,54)(H,47,53)(H,48,57)(H,49,55)(H,51,56)/t21-,29+,31+,43+/m1/s1. The molecule has 2 aromatic carbocycles. The third-order valence-corrected chi connectivity index (χ3v) is 11.7. The lowest BCUT2D eigenvalue weighted by atomic mass is 9.81. The summed E-state index contributed by atoms with van der Waals surface area (Å²) in [5, 5.41) is 25.3. The number of cyclic esters (lactones) is 1. The molecule has 0 fully saturated rings. The van der Waals surface area contributed by atoms with Gasteiger partial charge in [-0.1, -0.05) is 44.2 Å². The number of amides is 5. The van der Waals surface area contributed by atoms with Gasteiger partial charge in [-0.3, -0.25) is 28.8 Å². The topological polar surface area (TPSA) is 253 Å². The van der Waals surface area contributed by atoms with Crippen molar-refractivity contribution in [1.82, 2.24) is 36.1 Å². The maximum atomic E-state index is 15.3. The molecule has 2 aromatic heterocycles. The van der Waals surface area contributed by atoms with Crippen LogP contribution in [0.3, 0.4) is 0 Å². The van der Waals surface area contributed by atoms with Crippen LogP contribution in [0.15, 0.2) is 47.3 Å². The largest absolute Gasteiger partial charge is 0.458 e. The average Bonchev–Trinajstić information content (AvgIpc) is 3.63. The molecule has 8 N–H and O–H groups in total. The van der Waals surface area contributed by atoms with Gasteiger partial charge < -0.3 is 46.7 Å². The summed E-state index contributed by atoms with van der Waals surface area (Å²) in [7, 11) is 0. The molecular formula is C43H47FN8O9. The molecule has 3 aliphatic rings. The Morgan fingerprint density at radius 1 is 1.00 bits per heavy atom. The molecule has 0 radical (unpaired) electrons. The van der Waals surface area contributed by atoms with Crippen molar-refractivity contribution in [2.45, 2.75) is 77.3 Å². The van der Waals surface area contributed by atoms with Gasteiger partial charge in [-0.15, -0.1) is 0 Å². The highest BCUT2D eigenvalue weighted by molar-refractivity contribution is 5.95. The lowest BCUT2D eigenvalue weighted by Gasteiger charge is -2.31. The van der Waals surface area contributed by atoms with Crippen molar-refractivity contribution in [2.75, 3.05) is 26.2 Å². The molecule has 0 spiro atoms. The van der Waals surface area contributed by atoms with Gasteiger partial charge in [0.2, 0.25) is 29.5 Å². The molecule has 4 atom stereocenters. The molecule has 2 aliphatic heterocycles. The highest BCUT2D eigenvalue weighted by Crippen LogP contribution is 2.46. The van der Waals surface area contributed by atoms with Crippen LogP contribution in [0.2, 0.25) is 0 Å².